The van der Waals surface area contributed by atoms with Gasteiger partial charge in [0.25, 0.3) is 0 Å². The number of hydrogen-bond acceptors (Lipinski definition) is 3. The van der Waals surface area contributed by atoms with Crippen molar-refractivity contribution >= 4 is 5.76 Å². The van der Waals surface area contributed by atoms with Gasteiger partial charge >= 0.3 is 0 Å². The smallest absolute Gasteiger partial charge is 0.137 e. The first kappa shape index (κ1) is 12.2. The summed E-state index contributed by atoms with van der Waals surface area (Å²) in [5.74, 6) is 0.708. The average Bonchev–Trinajstić information content (AvgIpc) is 2.73. The Hall–Kier alpha value is -1.29. The van der Waals surface area contributed by atoms with Crippen LogP contribution >= 0.6 is 0 Å². The molecule has 1 fully saturated rings. The second-order valence-corrected chi connectivity index (χ2v) is 4.32. The van der Waals surface area contributed by atoms with E-state index >= 15 is 0 Å². The molecule has 2 rings (SSSR count). The van der Waals surface area contributed by atoms with E-state index in [9.17, 15) is 0 Å². The first-order valence-corrected chi connectivity index (χ1v) is 6.18. The molecule has 0 saturated carbocycles. The van der Waals surface area contributed by atoms with Crippen LogP contribution < -0.4 is 0 Å². The van der Waals surface area contributed by atoms with E-state index in [1.54, 1.807) is 0 Å². The van der Waals surface area contributed by atoms with Crippen molar-refractivity contribution in [1.82, 2.24) is 9.78 Å². The zero-order chi connectivity index (χ0) is 12.3. The molecule has 1 aliphatic heterocycles. The molecule has 0 N–H and O–H groups in total. The van der Waals surface area contributed by atoms with E-state index in [1.807, 2.05) is 19.9 Å². The number of hydrogen-bond donors (Lipinski definition) is 0. The minimum Gasteiger partial charge on any atom is -0.492 e. The fourth-order valence-electron chi connectivity index (χ4n) is 2.18. The summed E-state index contributed by atoms with van der Waals surface area (Å²) in [5.41, 5.74) is 2.00. The van der Waals surface area contributed by atoms with Crippen LogP contribution in [0, 0.1) is 6.92 Å². The summed E-state index contributed by atoms with van der Waals surface area (Å²) in [6.45, 7) is 10.2. The molecule has 0 unspecified atom stereocenters. The van der Waals surface area contributed by atoms with Crippen molar-refractivity contribution in [2.45, 2.75) is 32.7 Å². The van der Waals surface area contributed by atoms with Crippen LogP contribution in [0.2, 0.25) is 0 Å². The number of ether oxygens (including phenoxy) is 2. The quantitative estimate of drug-likeness (QED) is 0.754. The maximum absolute atomic E-state index is 5.49. The summed E-state index contributed by atoms with van der Waals surface area (Å²) < 4.78 is 12.9. The molecule has 0 aliphatic carbocycles. The molecule has 2 heterocycles. The Kier molecular flexibility index (Phi) is 3.84. The standard InChI is InChI=1S/C13H20N2O2/c1-4-17-11(3)13-9-10(2)14-15(13)12-5-7-16-8-6-12/h9,12H,3-8H2,1-2H3. The van der Waals surface area contributed by atoms with Crippen molar-refractivity contribution in [2.24, 2.45) is 0 Å². The molecule has 0 radical (unpaired) electrons. The lowest BCUT2D eigenvalue weighted by Crippen LogP contribution is -2.22. The summed E-state index contributed by atoms with van der Waals surface area (Å²) in [6.07, 6.45) is 2.01. The van der Waals surface area contributed by atoms with Crippen molar-refractivity contribution < 1.29 is 9.47 Å². The Morgan fingerprint density at radius 2 is 2.29 bits per heavy atom. The molecule has 1 aliphatic rings. The van der Waals surface area contributed by atoms with Crippen molar-refractivity contribution in [3.05, 3.63) is 24.0 Å². The van der Waals surface area contributed by atoms with Crippen LogP contribution in [-0.4, -0.2) is 29.6 Å². The predicted octanol–water partition coefficient (Wildman–Crippen LogP) is 2.55. The lowest BCUT2D eigenvalue weighted by atomic mass is 10.1. The van der Waals surface area contributed by atoms with E-state index in [-0.39, 0.29) is 0 Å². The summed E-state index contributed by atoms with van der Waals surface area (Å²) in [4.78, 5) is 0. The van der Waals surface area contributed by atoms with Crippen molar-refractivity contribution in [1.29, 1.82) is 0 Å². The van der Waals surface area contributed by atoms with Crippen LogP contribution in [0.4, 0.5) is 0 Å². The van der Waals surface area contributed by atoms with Gasteiger partial charge in [-0.25, -0.2) is 0 Å². The molecule has 4 heteroatoms. The molecule has 0 aromatic carbocycles. The minimum absolute atomic E-state index is 0.407. The number of aryl methyl sites for hydroxylation is 1. The Morgan fingerprint density at radius 1 is 1.59 bits per heavy atom. The Labute approximate surface area is 102 Å². The first-order chi connectivity index (χ1) is 8.22. The van der Waals surface area contributed by atoms with Crippen LogP contribution in [0.25, 0.3) is 5.76 Å². The van der Waals surface area contributed by atoms with Crippen LogP contribution in [0.1, 0.15) is 37.2 Å². The van der Waals surface area contributed by atoms with Crippen LogP contribution in [0.15, 0.2) is 12.6 Å². The average molecular weight is 236 g/mol. The van der Waals surface area contributed by atoms with Crippen molar-refractivity contribution in [3.63, 3.8) is 0 Å². The second kappa shape index (κ2) is 5.36. The Morgan fingerprint density at radius 3 is 2.94 bits per heavy atom. The van der Waals surface area contributed by atoms with Gasteiger partial charge in [-0.3, -0.25) is 4.68 Å². The highest BCUT2D eigenvalue weighted by Crippen LogP contribution is 2.26. The molecule has 0 spiro atoms. The number of aromatic nitrogens is 2. The van der Waals surface area contributed by atoms with E-state index in [4.69, 9.17) is 9.47 Å². The second-order valence-electron chi connectivity index (χ2n) is 4.32. The van der Waals surface area contributed by atoms with E-state index in [1.165, 1.54) is 0 Å². The zero-order valence-corrected chi connectivity index (χ0v) is 10.6. The zero-order valence-electron chi connectivity index (χ0n) is 10.6. The molecular weight excluding hydrogens is 216 g/mol. The molecule has 17 heavy (non-hydrogen) atoms. The molecule has 94 valence electrons. The van der Waals surface area contributed by atoms with Gasteiger partial charge in [-0.15, -0.1) is 0 Å². The van der Waals surface area contributed by atoms with Crippen LogP contribution in [0.5, 0.6) is 0 Å². The van der Waals surface area contributed by atoms with E-state index in [0.717, 1.165) is 37.4 Å². The normalized spacial score (nSPS) is 17.1. The fourth-order valence-corrected chi connectivity index (χ4v) is 2.18. The topological polar surface area (TPSA) is 36.3 Å². The van der Waals surface area contributed by atoms with E-state index < -0.39 is 0 Å². The van der Waals surface area contributed by atoms with E-state index in [2.05, 4.69) is 16.4 Å². The minimum atomic E-state index is 0.407. The van der Waals surface area contributed by atoms with Gasteiger partial charge in [-0.1, -0.05) is 6.58 Å². The third-order valence-electron chi connectivity index (χ3n) is 3.00. The third kappa shape index (κ3) is 2.69. The molecule has 1 saturated heterocycles. The van der Waals surface area contributed by atoms with Gasteiger partial charge in [0.05, 0.1) is 18.3 Å². The summed E-state index contributed by atoms with van der Waals surface area (Å²) in [6, 6.07) is 2.44. The highest BCUT2D eigenvalue weighted by atomic mass is 16.5. The van der Waals surface area contributed by atoms with Crippen LogP contribution in [-0.2, 0) is 9.47 Å². The molecular formula is C13H20N2O2. The van der Waals surface area contributed by atoms with Gasteiger partial charge in [0.2, 0.25) is 0 Å². The maximum Gasteiger partial charge on any atom is 0.137 e. The van der Waals surface area contributed by atoms with Gasteiger partial charge < -0.3 is 9.47 Å². The molecule has 1 aromatic heterocycles. The monoisotopic (exact) mass is 236 g/mol. The highest BCUT2D eigenvalue weighted by Gasteiger charge is 2.21. The molecule has 4 nitrogen and oxygen atoms in total. The van der Waals surface area contributed by atoms with Gasteiger partial charge in [0.15, 0.2) is 0 Å². The molecule has 0 atom stereocenters. The lowest BCUT2D eigenvalue weighted by molar-refractivity contribution is 0.0656. The highest BCUT2D eigenvalue weighted by molar-refractivity contribution is 5.54. The first-order valence-electron chi connectivity index (χ1n) is 6.18. The molecule has 0 amide bonds. The lowest BCUT2D eigenvalue weighted by Gasteiger charge is -2.24. The largest absolute Gasteiger partial charge is 0.492 e. The maximum atomic E-state index is 5.49. The van der Waals surface area contributed by atoms with Gasteiger partial charge in [-0.2, -0.15) is 5.10 Å². The van der Waals surface area contributed by atoms with E-state index in [0.29, 0.717) is 18.4 Å². The third-order valence-corrected chi connectivity index (χ3v) is 3.00. The predicted molar refractivity (Wildman–Crippen MR) is 66.7 cm³/mol. The SMILES string of the molecule is C=C(OCC)c1cc(C)nn1C1CCOCC1. The van der Waals surface area contributed by atoms with Gasteiger partial charge in [0.1, 0.15) is 11.5 Å². The molecule has 0 bridgehead atoms. The summed E-state index contributed by atoms with van der Waals surface area (Å²) in [5, 5.41) is 4.56. The van der Waals surface area contributed by atoms with Crippen LogP contribution in [0.3, 0.4) is 0 Å². The fraction of sp³-hybridized carbons (Fsp3) is 0.615. The van der Waals surface area contributed by atoms with Crippen molar-refractivity contribution in [2.75, 3.05) is 19.8 Å². The van der Waals surface area contributed by atoms with Gasteiger partial charge in [-0.05, 0) is 32.8 Å². The molecule has 1 aromatic rings. The van der Waals surface area contributed by atoms with Crippen molar-refractivity contribution in [3.8, 4) is 0 Å². The number of rotatable bonds is 4. The Balaban J connectivity index is 2.22. The van der Waals surface area contributed by atoms with Gasteiger partial charge in [0, 0.05) is 13.2 Å². The summed E-state index contributed by atoms with van der Waals surface area (Å²) >= 11 is 0. The Bertz CT molecular complexity index is 392. The number of nitrogens with zero attached hydrogens (tertiary/aromatic N) is 2. The summed E-state index contributed by atoms with van der Waals surface area (Å²) in [7, 11) is 0.